The van der Waals surface area contributed by atoms with Crippen molar-refractivity contribution in [2.45, 2.75) is 19.9 Å². The topological polar surface area (TPSA) is 58.2 Å². The molecule has 0 aliphatic carbocycles. The zero-order valence-electron chi connectivity index (χ0n) is 9.63. The number of rotatable bonds is 5. The van der Waals surface area contributed by atoms with Gasteiger partial charge in [0.1, 0.15) is 0 Å². The van der Waals surface area contributed by atoms with Crippen LogP contribution in [0, 0.1) is 0 Å². The van der Waals surface area contributed by atoms with Gasteiger partial charge >= 0.3 is 0 Å². The molecule has 0 saturated heterocycles. The highest BCUT2D eigenvalue weighted by Crippen LogP contribution is 2.09. The van der Waals surface area contributed by atoms with Gasteiger partial charge in [-0.1, -0.05) is 28.1 Å². The summed E-state index contributed by atoms with van der Waals surface area (Å²) in [6.45, 7) is 1.97. The molecule has 0 unspecified atom stereocenters. The number of amides is 2. The van der Waals surface area contributed by atoms with Gasteiger partial charge in [-0.2, -0.15) is 0 Å². The Morgan fingerprint density at radius 1 is 1.24 bits per heavy atom. The molecule has 0 bridgehead atoms. The smallest absolute Gasteiger partial charge is 0.221 e. The summed E-state index contributed by atoms with van der Waals surface area (Å²) < 4.78 is 0. The van der Waals surface area contributed by atoms with Crippen LogP contribution in [0.1, 0.15) is 18.9 Å². The molecule has 1 aromatic rings. The minimum absolute atomic E-state index is 0.0211. The lowest BCUT2D eigenvalue weighted by Crippen LogP contribution is -2.22. The Bertz CT molecular complexity index is 390. The standard InChI is InChI=1S/C12H15BrN2O2/c1-9(16)15-11-4-2-10(3-5-11)8-14-12(17)6-7-13/h2-5H,6-8H2,1H3,(H,14,17)(H,15,16). The maximum absolute atomic E-state index is 11.2. The summed E-state index contributed by atoms with van der Waals surface area (Å²) in [7, 11) is 0. The van der Waals surface area contributed by atoms with Crippen LogP contribution in [0.15, 0.2) is 24.3 Å². The molecule has 0 fully saturated rings. The van der Waals surface area contributed by atoms with E-state index < -0.39 is 0 Å². The number of alkyl halides is 1. The number of hydrogen-bond acceptors (Lipinski definition) is 2. The van der Waals surface area contributed by atoms with Gasteiger partial charge in [0.25, 0.3) is 0 Å². The zero-order valence-corrected chi connectivity index (χ0v) is 11.2. The number of carbonyl (C=O) groups excluding carboxylic acids is 2. The molecule has 17 heavy (non-hydrogen) atoms. The predicted octanol–water partition coefficient (Wildman–Crippen LogP) is 2.05. The second kappa shape index (κ2) is 7.06. The zero-order chi connectivity index (χ0) is 12.7. The van der Waals surface area contributed by atoms with E-state index in [0.717, 1.165) is 11.3 Å². The van der Waals surface area contributed by atoms with Gasteiger partial charge in [-0.3, -0.25) is 9.59 Å². The van der Waals surface area contributed by atoms with Crippen molar-refractivity contribution in [3.8, 4) is 0 Å². The predicted molar refractivity (Wildman–Crippen MR) is 71.0 cm³/mol. The Balaban J connectivity index is 2.45. The summed E-state index contributed by atoms with van der Waals surface area (Å²) in [5, 5.41) is 6.16. The van der Waals surface area contributed by atoms with Crippen molar-refractivity contribution in [2.24, 2.45) is 0 Å². The summed E-state index contributed by atoms with van der Waals surface area (Å²) in [4.78, 5) is 22.0. The van der Waals surface area contributed by atoms with E-state index in [9.17, 15) is 9.59 Å². The molecule has 1 rings (SSSR count). The molecule has 2 N–H and O–H groups in total. The second-order valence-corrected chi connectivity index (χ2v) is 4.39. The molecule has 1 aromatic carbocycles. The van der Waals surface area contributed by atoms with Crippen LogP contribution in [0.2, 0.25) is 0 Å². The Hall–Kier alpha value is -1.36. The Kier molecular flexibility index (Phi) is 5.69. The van der Waals surface area contributed by atoms with Crippen LogP contribution in [-0.2, 0) is 16.1 Å². The summed E-state index contributed by atoms with van der Waals surface area (Å²) in [6, 6.07) is 7.38. The molecule has 0 radical (unpaired) electrons. The maximum Gasteiger partial charge on any atom is 0.221 e. The summed E-state index contributed by atoms with van der Waals surface area (Å²) in [5.74, 6) is -0.0730. The number of halogens is 1. The summed E-state index contributed by atoms with van der Waals surface area (Å²) in [5.41, 5.74) is 1.76. The average Bonchev–Trinajstić information content (AvgIpc) is 2.28. The van der Waals surface area contributed by atoms with Crippen LogP contribution in [0.5, 0.6) is 0 Å². The summed E-state index contributed by atoms with van der Waals surface area (Å²) in [6.07, 6.45) is 0.476. The van der Waals surface area contributed by atoms with Gasteiger partial charge in [0.05, 0.1) is 0 Å². The Labute approximate surface area is 109 Å². The third kappa shape index (κ3) is 5.49. The van der Waals surface area contributed by atoms with Crippen LogP contribution in [-0.4, -0.2) is 17.1 Å². The fourth-order valence-electron chi connectivity index (χ4n) is 1.28. The number of carbonyl (C=O) groups is 2. The molecular weight excluding hydrogens is 284 g/mol. The largest absolute Gasteiger partial charge is 0.352 e. The second-order valence-electron chi connectivity index (χ2n) is 3.59. The minimum atomic E-state index is -0.0941. The van der Waals surface area contributed by atoms with E-state index >= 15 is 0 Å². The van der Waals surface area contributed by atoms with Gasteiger partial charge in [-0.15, -0.1) is 0 Å². The summed E-state index contributed by atoms with van der Waals surface area (Å²) >= 11 is 3.21. The van der Waals surface area contributed by atoms with Gasteiger partial charge in [0, 0.05) is 30.9 Å². The van der Waals surface area contributed by atoms with E-state index in [-0.39, 0.29) is 11.8 Å². The van der Waals surface area contributed by atoms with Crippen LogP contribution in [0.3, 0.4) is 0 Å². The lowest BCUT2D eigenvalue weighted by Gasteiger charge is -2.06. The first-order valence-corrected chi connectivity index (χ1v) is 6.43. The SMILES string of the molecule is CC(=O)Nc1ccc(CNC(=O)CCBr)cc1. The van der Waals surface area contributed by atoms with E-state index in [0.29, 0.717) is 18.3 Å². The van der Waals surface area contributed by atoms with Crippen molar-refractivity contribution in [3.63, 3.8) is 0 Å². The quantitative estimate of drug-likeness (QED) is 0.818. The van der Waals surface area contributed by atoms with Crippen molar-refractivity contribution in [1.29, 1.82) is 0 Å². The van der Waals surface area contributed by atoms with Crippen molar-refractivity contribution in [3.05, 3.63) is 29.8 Å². The van der Waals surface area contributed by atoms with E-state index in [1.54, 1.807) is 0 Å². The average molecular weight is 299 g/mol. The molecule has 0 aromatic heterocycles. The minimum Gasteiger partial charge on any atom is -0.352 e. The first-order valence-electron chi connectivity index (χ1n) is 5.31. The Morgan fingerprint density at radius 3 is 2.41 bits per heavy atom. The van der Waals surface area contributed by atoms with Gasteiger partial charge in [0.15, 0.2) is 0 Å². The molecule has 92 valence electrons. The van der Waals surface area contributed by atoms with Crippen molar-refractivity contribution < 1.29 is 9.59 Å². The molecule has 0 aliphatic heterocycles. The Morgan fingerprint density at radius 2 is 1.88 bits per heavy atom. The van der Waals surface area contributed by atoms with Gasteiger partial charge in [0.2, 0.25) is 11.8 Å². The van der Waals surface area contributed by atoms with Gasteiger partial charge in [-0.25, -0.2) is 0 Å². The first kappa shape index (κ1) is 13.7. The molecule has 5 heteroatoms. The van der Waals surface area contributed by atoms with Crippen molar-refractivity contribution in [2.75, 3.05) is 10.6 Å². The van der Waals surface area contributed by atoms with E-state index in [1.165, 1.54) is 6.92 Å². The highest BCUT2D eigenvalue weighted by Gasteiger charge is 2.00. The molecule has 4 nitrogen and oxygen atoms in total. The van der Waals surface area contributed by atoms with Crippen LogP contribution < -0.4 is 10.6 Å². The molecule has 0 aliphatic rings. The number of hydrogen-bond donors (Lipinski definition) is 2. The van der Waals surface area contributed by atoms with Crippen LogP contribution >= 0.6 is 15.9 Å². The molecule has 0 saturated carbocycles. The van der Waals surface area contributed by atoms with Crippen molar-refractivity contribution >= 4 is 33.4 Å². The maximum atomic E-state index is 11.2. The normalized spacial score (nSPS) is 9.76. The van der Waals surface area contributed by atoms with E-state index in [1.807, 2.05) is 24.3 Å². The lowest BCUT2D eigenvalue weighted by atomic mass is 10.2. The molecule has 0 atom stereocenters. The number of anilines is 1. The molecule has 0 spiro atoms. The molecule has 0 heterocycles. The first-order chi connectivity index (χ1) is 8.11. The number of nitrogens with one attached hydrogen (secondary N) is 2. The lowest BCUT2D eigenvalue weighted by molar-refractivity contribution is -0.120. The van der Waals surface area contributed by atoms with Crippen LogP contribution in [0.25, 0.3) is 0 Å². The van der Waals surface area contributed by atoms with Crippen molar-refractivity contribution in [1.82, 2.24) is 5.32 Å². The third-order valence-corrected chi connectivity index (χ3v) is 2.48. The molecule has 2 amide bonds. The van der Waals surface area contributed by atoms with Gasteiger partial charge in [-0.05, 0) is 17.7 Å². The van der Waals surface area contributed by atoms with Gasteiger partial charge < -0.3 is 10.6 Å². The monoisotopic (exact) mass is 298 g/mol. The van der Waals surface area contributed by atoms with E-state index in [2.05, 4.69) is 26.6 Å². The van der Waals surface area contributed by atoms with E-state index in [4.69, 9.17) is 0 Å². The fourth-order valence-corrected chi connectivity index (χ4v) is 1.64. The molecular formula is C12H15BrN2O2. The van der Waals surface area contributed by atoms with Crippen LogP contribution in [0.4, 0.5) is 5.69 Å². The highest BCUT2D eigenvalue weighted by atomic mass is 79.9. The highest BCUT2D eigenvalue weighted by molar-refractivity contribution is 9.09. The fraction of sp³-hybridized carbons (Fsp3) is 0.333. The number of benzene rings is 1. The third-order valence-electron chi connectivity index (χ3n) is 2.09.